The van der Waals surface area contributed by atoms with Gasteiger partial charge in [-0.2, -0.15) is 0 Å². The molecule has 0 aromatic carbocycles. The first-order chi connectivity index (χ1) is 39.6. The molecule has 0 unspecified atom stereocenters. The first-order valence-electron chi connectivity index (χ1n) is 28.2. The molecule has 30 N–H and O–H groups in total. The van der Waals surface area contributed by atoms with Gasteiger partial charge in [-0.15, -0.1) is 0 Å². The maximum absolute atomic E-state index is 14.3. The topological polar surface area (TPSA) is 599 Å². The Balaban J connectivity index is 6.67. The number of carbonyl (C=O) groups is 10. The minimum absolute atomic E-state index is 0.00234. The van der Waals surface area contributed by atoms with Crippen LogP contribution in [0.3, 0.4) is 0 Å². The number of amides is 9. The van der Waals surface area contributed by atoms with Crippen LogP contribution in [0.25, 0.3) is 0 Å². The second-order valence-electron chi connectivity index (χ2n) is 20.5. The van der Waals surface area contributed by atoms with Crippen molar-refractivity contribution < 1.29 is 53.1 Å². The summed E-state index contributed by atoms with van der Waals surface area (Å²) in [5.41, 5.74) is 32.9. The van der Waals surface area contributed by atoms with Crippen molar-refractivity contribution in [1.82, 2.24) is 69.1 Å². The van der Waals surface area contributed by atoms with Crippen molar-refractivity contribution in [2.75, 3.05) is 46.3 Å². The lowest BCUT2D eigenvalue weighted by molar-refractivity contribution is -0.138. The summed E-state index contributed by atoms with van der Waals surface area (Å²) >= 11 is 0. The number of hydrogen-bond acceptors (Lipinski definition) is 16. The number of primary amides is 1. The summed E-state index contributed by atoms with van der Waals surface area (Å²) in [6.07, 6.45) is 1.42. The second kappa shape index (κ2) is 42.5. The van der Waals surface area contributed by atoms with Gasteiger partial charge in [-0.1, -0.05) is 34.1 Å². The molecule has 0 aliphatic carbocycles. The van der Waals surface area contributed by atoms with Crippen LogP contribution in [0.1, 0.15) is 124 Å². The lowest BCUT2D eigenvalue weighted by Gasteiger charge is -2.28. The normalized spacial score (nSPS) is 14.1. The standard InChI is InChI=1S/C50H97N23O11/c1-6-28(4)38(73-41(79)30(61-5)15-10-22-63-48(55)56)46(84)72-34(18-19-37(75)76)40(78)66-26-36(74)67-35(25-27(2)3)45(83)71-33(17-12-24-65-50(59)60)44(82)69-31(13-7-8-20-51)43(81)70-32(16-11-23-64-49(57)58)42(80)68-29(39(52)77)14-9-21-62-47(53)54/h27-35,38,61H,6-26,51H2,1-5H3,(H2,52,77)(H,66,78)(H,67,74)(H,68,80)(H,69,82)(H,70,81)(H,71,83)(H,72,84)(H,73,79)(H,75,76)(H4,53,54,62)(H4,55,56,63)(H4,57,58,64)(H4,59,60,65)/t28-,29-,30-,31-,32-,33-,34-,35-,38-/m0/s1. The van der Waals surface area contributed by atoms with Crippen LogP contribution in [0.4, 0.5) is 0 Å². The van der Waals surface area contributed by atoms with E-state index in [1.165, 1.54) is 0 Å². The zero-order valence-corrected chi connectivity index (χ0v) is 49.1. The quantitative estimate of drug-likeness (QED) is 0.0153. The summed E-state index contributed by atoms with van der Waals surface area (Å²) in [5.74, 6) is -10.6. The van der Waals surface area contributed by atoms with Crippen molar-refractivity contribution in [3.8, 4) is 0 Å². The van der Waals surface area contributed by atoms with Crippen LogP contribution in [0.2, 0.25) is 0 Å². The molecule has 0 saturated carbocycles. The number of unbranched alkanes of at least 4 members (excludes halogenated alkanes) is 1. The summed E-state index contributed by atoms with van der Waals surface area (Å²) in [6.45, 7) is 7.16. The highest BCUT2D eigenvalue weighted by Gasteiger charge is 2.35. The lowest BCUT2D eigenvalue weighted by Crippen LogP contribution is -2.59. The van der Waals surface area contributed by atoms with Crippen LogP contribution >= 0.6 is 0 Å². The first kappa shape index (κ1) is 75.7. The molecule has 34 heteroatoms. The van der Waals surface area contributed by atoms with E-state index in [-0.39, 0.29) is 107 Å². The molecule has 84 heavy (non-hydrogen) atoms. The molecular weight excluding hydrogens is 1100 g/mol. The third-order valence-electron chi connectivity index (χ3n) is 13.0. The van der Waals surface area contributed by atoms with E-state index >= 15 is 0 Å². The van der Waals surface area contributed by atoms with Crippen molar-refractivity contribution in [2.24, 2.45) is 46.2 Å². The molecule has 0 aromatic heterocycles. The Morgan fingerprint density at radius 1 is 0.440 bits per heavy atom. The van der Waals surface area contributed by atoms with Crippen molar-refractivity contribution in [3.05, 3.63) is 0 Å². The highest BCUT2D eigenvalue weighted by atomic mass is 16.4. The minimum Gasteiger partial charge on any atom is -0.481 e. The number of carboxylic acids is 1. The minimum atomic E-state index is -1.50. The Hall–Kier alpha value is -8.30. The van der Waals surface area contributed by atoms with E-state index in [4.69, 9.17) is 56.0 Å². The first-order valence-corrected chi connectivity index (χ1v) is 28.2. The van der Waals surface area contributed by atoms with E-state index in [1.807, 2.05) is 0 Å². The van der Waals surface area contributed by atoms with Crippen molar-refractivity contribution in [1.29, 1.82) is 21.6 Å². The fourth-order valence-electron chi connectivity index (χ4n) is 8.19. The summed E-state index contributed by atoms with van der Waals surface area (Å²) in [6, 6.07) is -9.99. The van der Waals surface area contributed by atoms with Gasteiger partial charge in [0.1, 0.15) is 42.3 Å². The van der Waals surface area contributed by atoms with Gasteiger partial charge < -0.3 is 109 Å². The molecule has 0 bridgehead atoms. The number of likely N-dealkylation sites (N-methyl/N-ethyl adjacent to an activating group) is 1. The van der Waals surface area contributed by atoms with E-state index in [1.54, 1.807) is 34.7 Å². The predicted octanol–water partition coefficient (Wildman–Crippen LogP) is -6.29. The highest BCUT2D eigenvalue weighted by molar-refractivity contribution is 5.98. The van der Waals surface area contributed by atoms with Gasteiger partial charge >= 0.3 is 5.97 Å². The molecule has 0 saturated heterocycles. The monoisotopic (exact) mass is 1200 g/mol. The molecule has 0 fully saturated rings. The number of nitrogens with two attached hydrogens (primary N) is 6. The second-order valence-corrected chi connectivity index (χ2v) is 20.5. The van der Waals surface area contributed by atoms with Crippen molar-refractivity contribution >= 4 is 83.0 Å². The molecule has 0 aliphatic heterocycles. The van der Waals surface area contributed by atoms with Gasteiger partial charge in [0.05, 0.1) is 12.6 Å². The number of carbonyl (C=O) groups excluding carboxylic acids is 9. The summed E-state index contributed by atoms with van der Waals surface area (Å²) in [7, 11) is 1.56. The van der Waals surface area contributed by atoms with E-state index in [0.717, 1.165) is 0 Å². The van der Waals surface area contributed by atoms with Gasteiger partial charge in [0.2, 0.25) is 53.2 Å². The fourth-order valence-corrected chi connectivity index (χ4v) is 8.19. The fraction of sp³-hybridized carbons (Fsp3) is 0.720. The zero-order chi connectivity index (χ0) is 63.9. The Morgan fingerprint density at radius 2 is 0.810 bits per heavy atom. The molecule has 34 nitrogen and oxygen atoms in total. The largest absolute Gasteiger partial charge is 0.481 e. The van der Waals surface area contributed by atoms with Gasteiger partial charge in [0.25, 0.3) is 0 Å². The predicted molar refractivity (Wildman–Crippen MR) is 314 cm³/mol. The summed E-state index contributed by atoms with van der Waals surface area (Å²) in [4.78, 5) is 135. The molecule has 0 aliphatic rings. The Labute approximate surface area is 490 Å². The van der Waals surface area contributed by atoms with Crippen LogP contribution in [0.15, 0.2) is 0 Å². The Bertz CT molecular complexity index is 2190. The summed E-state index contributed by atoms with van der Waals surface area (Å²) < 4.78 is 0. The van der Waals surface area contributed by atoms with Crippen LogP contribution < -0.4 is 104 Å². The molecule has 9 amide bonds. The average Bonchev–Trinajstić information content (AvgIpc) is 3.63. The molecule has 0 spiro atoms. The van der Waals surface area contributed by atoms with Gasteiger partial charge in [0.15, 0.2) is 23.8 Å². The molecule has 0 heterocycles. The number of hydrogen-bond donors (Lipinski definition) is 24. The summed E-state index contributed by atoms with van der Waals surface area (Å²) in [5, 5.41) is 73.3. The van der Waals surface area contributed by atoms with Gasteiger partial charge in [0, 0.05) is 32.6 Å². The van der Waals surface area contributed by atoms with E-state index in [9.17, 15) is 53.1 Å². The maximum atomic E-state index is 14.3. The number of nitrogens with one attached hydrogen (secondary N) is 17. The van der Waals surface area contributed by atoms with Gasteiger partial charge in [-0.05, 0) is 109 Å². The molecule has 9 atom stereocenters. The molecular formula is C50H97N23O11. The number of carboxylic acid groups (broad SMARTS) is 1. The number of guanidine groups is 4. The van der Waals surface area contributed by atoms with Crippen molar-refractivity contribution in [2.45, 2.75) is 172 Å². The van der Waals surface area contributed by atoms with Crippen LogP contribution in [-0.2, 0) is 47.9 Å². The molecule has 0 radical (unpaired) electrons. The van der Waals surface area contributed by atoms with Gasteiger partial charge in [-0.25, -0.2) is 0 Å². The number of aliphatic carboxylic acids is 1. The third kappa shape index (κ3) is 34.2. The maximum Gasteiger partial charge on any atom is 0.303 e. The Kier molecular flexibility index (Phi) is 38.3. The Morgan fingerprint density at radius 3 is 1.19 bits per heavy atom. The van der Waals surface area contributed by atoms with E-state index in [2.05, 4.69) is 69.1 Å². The third-order valence-corrected chi connectivity index (χ3v) is 13.0. The van der Waals surface area contributed by atoms with E-state index < -0.39 is 133 Å². The van der Waals surface area contributed by atoms with Crippen LogP contribution in [0.5, 0.6) is 0 Å². The zero-order valence-electron chi connectivity index (χ0n) is 49.1. The molecule has 0 aromatic rings. The number of rotatable bonds is 45. The van der Waals surface area contributed by atoms with Crippen LogP contribution in [-0.4, -0.2) is 183 Å². The lowest BCUT2D eigenvalue weighted by atomic mass is 9.96. The average molecular weight is 1200 g/mol. The van der Waals surface area contributed by atoms with Crippen LogP contribution in [0, 0.1) is 33.5 Å². The molecule has 478 valence electrons. The smallest absolute Gasteiger partial charge is 0.303 e. The van der Waals surface area contributed by atoms with Gasteiger partial charge in [-0.3, -0.25) is 69.6 Å². The highest BCUT2D eigenvalue weighted by Crippen LogP contribution is 2.13. The SMILES string of the molecule is CC[C@H](C)[C@H](NC(=O)[C@H](CCCNC(=N)N)NC)C(=O)N[C@@H](CCC(=O)O)C(=O)NCC(=O)N[C@@H](CC(C)C)C(=O)N[C@@H](CCCNC(=N)N)C(=O)N[C@@H](CCCCN)C(=O)N[C@@H](CCCNC(=N)N)C(=O)N[C@@H](CCCNC(=N)N)C(N)=O. The van der Waals surface area contributed by atoms with E-state index in [0.29, 0.717) is 38.6 Å². The van der Waals surface area contributed by atoms with Crippen molar-refractivity contribution in [3.63, 3.8) is 0 Å². The molecule has 0 rings (SSSR count).